The van der Waals surface area contributed by atoms with Crippen molar-refractivity contribution in [2.45, 2.75) is 38.3 Å². The van der Waals surface area contributed by atoms with Gasteiger partial charge >= 0.3 is 6.03 Å². The van der Waals surface area contributed by atoms with Crippen LogP contribution in [0.25, 0.3) is 0 Å². The Morgan fingerprint density at radius 1 is 1.22 bits per heavy atom. The molecule has 0 spiro atoms. The number of halogens is 1. The van der Waals surface area contributed by atoms with E-state index in [0.29, 0.717) is 13.2 Å². The van der Waals surface area contributed by atoms with Crippen molar-refractivity contribution in [3.63, 3.8) is 0 Å². The maximum absolute atomic E-state index is 13.1. The normalized spacial score (nSPS) is 22.9. The summed E-state index contributed by atoms with van der Waals surface area (Å²) in [6.45, 7) is 2.84. The number of urea groups is 1. The van der Waals surface area contributed by atoms with Gasteiger partial charge in [-0.25, -0.2) is 9.69 Å². The predicted molar refractivity (Wildman–Crippen MR) is 106 cm³/mol. The first-order valence-corrected chi connectivity index (χ1v) is 10.4. The van der Waals surface area contributed by atoms with Crippen LogP contribution in [-0.2, 0) is 29.7 Å². The molecule has 142 valence electrons. The lowest BCUT2D eigenvalue weighted by Gasteiger charge is -2.24. The van der Waals surface area contributed by atoms with E-state index in [9.17, 15) is 9.59 Å². The molecule has 0 bridgehead atoms. The summed E-state index contributed by atoms with van der Waals surface area (Å²) in [5.74, 6) is -0.186. The first kappa shape index (κ1) is 18.5. The first-order valence-electron chi connectivity index (χ1n) is 9.19. The second kappa shape index (κ2) is 6.93. The van der Waals surface area contributed by atoms with Crippen LogP contribution in [0.4, 0.5) is 4.79 Å². The van der Waals surface area contributed by atoms with Gasteiger partial charge in [-0.3, -0.25) is 4.79 Å². The fourth-order valence-corrected chi connectivity index (χ4v) is 5.19. The van der Waals surface area contributed by atoms with Gasteiger partial charge in [0.2, 0.25) is 0 Å². The number of thiophene rings is 1. The lowest BCUT2D eigenvalue weighted by molar-refractivity contribution is -0.900. The Balaban J connectivity index is 1.51. The van der Waals surface area contributed by atoms with Crippen molar-refractivity contribution in [1.82, 2.24) is 10.2 Å². The van der Waals surface area contributed by atoms with Crippen molar-refractivity contribution >= 4 is 34.9 Å². The summed E-state index contributed by atoms with van der Waals surface area (Å²) in [5, 5.41) is 2.92. The fraction of sp³-hybridized carbons (Fsp3) is 0.400. The summed E-state index contributed by atoms with van der Waals surface area (Å²) in [4.78, 5) is 29.2. The van der Waals surface area contributed by atoms with Gasteiger partial charge in [-0.2, -0.15) is 0 Å². The van der Waals surface area contributed by atoms with Crippen LogP contribution in [0.2, 0.25) is 4.34 Å². The van der Waals surface area contributed by atoms with E-state index in [1.807, 2.05) is 25.2 Å². The number of carbonyl (C=O) groups is 2. The maximum Gasteiger partial charge on any atom is 0.329 e. The van der Waals surface area contributed by atoms with Crippen LogP contribution >= 0.6 is 22.9 Å². The number of amides is 3. The molecule has 3 amide bonds. The van der Waals surface area contributed by atoms with E-state index in [0.717, 1.165) is 38.9 Å². The molecule has 1 aromatic heterocycles. The zero-order valence-corrected chi connectivity index (χ0v) is 17.0. The number of benzene rings is 1. The third-order valence-corrected chi connectivity index (χ3v) is 6.71. The Hall–Kier alpha value is -1.89. The molecule has 4 rings (SSSR count). The fourth-order valence-electron chi connectivity index (χ4n) is 3.99. The molecular weight excluding hydrogens is 382 g/mol. The Kier molecular flexibility index (Phi) is 4.74. The topological polar surface area (TPSA) is 53.9 Å². The van der Waals surface area contributed by atoms with Gasteiger partial charge in [0.15, 0.2) is 6.67 Å². The third-order valence-electron chi connectivity index (χ3n) is 5.48. The molecule has 5 nitrogen and oxygen atoms in total. The van der Waals surface area contributed by atoms with Gasteiger partial charge in [-0.1, -0.05) is 29.8 Å². The van der Waals surface area contributed by atoms with E-state index in [1.54, 1.807) is 6.92 Å². The molecule has 2 aliphatic rings. The summed E-state index contributed by atoms with van der Waals surface area (Å²) >= 11 is 7.51. The van der Waals surface area contributed by atoms with Gasteiger partial charge < -0.3 is 10.2 Å². The highest BCUT2D eigenvalue weighted by Crippen LogP contribution is 2.32. The third kappa shape index (κ3) is 3.37. The highest BCUT2D eigenvalue weighted by molar-refractivity contribution is 7.16. The summed E-state index contributed by atoms with van der Waals surface area (Å²) < 4.78 is 0.747. The second-order valence-electron chi connectivity index (χ2n) is 7.62. The number of hydrogen-bond acceptors (Lipinski definition) is 3. The summed E-state index contributed by atoms with van der Waals surface area (Å²) in [6.07, 6.45) is 3.30. The number of quaternary nitrogens is 1. The summed E-state index contributed by atoms with van der Waals surface area (Å²) in [7, 11) is 1.97. The number of imide groups is 1. The van der Waals surface area contributed by atoms with E-state index in [1.165, 1.54) is 27.4 Å². The SMILES string of the molecule is C[NH+](Cc1ccc(Cl)s1)CN1C(=O)N[C@@](C)(c2ccc3c(c2)CCC3)C1=O. The quantitative estimate of drug-likeness (QED) is 0.751. The van der Waals surface area contributed by atoms with Gasteiger partial charge in [0.05, 0.1) is 16.3 Å². The van der Waals surface area contributed by atoms with E-state index >= 15 is 0 Å². The Morgan fingerprint density at radius 3 is 2.74 bits per heavy atom. The monoisotopic (exact) mass is 404 g/mol. The maximum atomic E-state index is 13.1. The van der Waals surface area contributed by atoms with Crippen molar-refractivity contribution in [1.29, 1.82) is 0 Å². The molecule has 1 unspecified atom stereocenters. The molecule has 1 aliphatic heterocycles. The Bertz CT molecular complexity index is 912. The van der Waals surface area contributed by atoms with Gasteiger partial charge in [-0.15, -0.1) is 11.3 Å². The molecule has 1 fully saturated rings. The number of fused-ring (bicyclic) bond motifs is 1. The minimum Gasteiger partial charge on any atom is -0.319 e. The molecule has 1 aromatic carbocycles. The number of carbonyl (C=O) groups excluding carboxylic acids is 2. The lowest BCUT2D eigenvalue weighted by atomic mass is 9.90. The van der Waals surface area contributed by atoms with Crippen LogP contribution in [0, 0.1) is 0 Å². The van der Waals surface area contributed by atoms with E-state index < -0.39 is 5.54 Å². The molecule has 0 saturated carbocycles. The van der Waals surface area contributed by atoms with Gasteiger partial charge in [0, 0.05) is 0 Å². The highest BCUT2D eigenvalue weighted by Gasteiger charge is 2.50. The van der Waals surface area contributed by atoms with Gasteiger partial charge in [0.1, 0.15) is 12.1 Å². The second-order valence-corrected chi connectivity index (χ2v) is 9.42. The molecule has 2 aromatic rings. The zero-order valence-electron chi connectivity index (χ0n) is 15.5. The molecule has 0 radical (unpaired) electrons. The number of aryl methyl sites for hydroxylation is 2. The summed E-state index contributed by atoms with van der Waals surface area (Å²) in [5.41, 5.74) is 2.52. The molecule has 7 heteroatoms. The number of hydrogen-bond donors (Lipinski definition) is 2. The van der Waals surface area contributed by atoms with Crippen molar-refractivity contribution in [2.75, 3.05) is 13.7 Å². The summed E-state index contributed by atoms with van der Waals surface area (Å²) in [6, 6.07) is 9.70. The lowest BCUT2D eigenvalue weighted by Crippen LogP contribution is -3.09. The van der Waals surface area contributed by atoms with Crippen LogP contribution in [0.3, 0.4) is 0 Å². The van der Waals surface area contributed by atoms with Gasteiger partial charge in [-0.05, 0) is 55.0 Å². The van der Waals surface area contributed by atoms with Crippen LogP contribution in [0.1, 0.15) is 34.9 Å². The molecule has 2 atom stereocenters. The number of nitrogens with zero attached hydrogens (tertiary/aromatic N) is 1. The van der Waals surface area contributed by atoms with Crippen molar-refractivity contribution in [3.8, 4) is 0 Å². The van der Waals surface area contributed by atoms with Crippen molar-refractivity contribution in [3.05, 3.63) is 56.2 Å². The minimum absolute atomic E-state index is 0.186. The Morgan fingerprint density at radius 2 is 2.00 bits per heavy atom. The molecule has 27 heavy (non-hydrogen) atoms. The van der Waals surface area contributed by atoms with Crippen LogP contribution in [0.5, 0.6) is 0 Å². The van der Waals surface area contributed by atoms with Crippen LogP contribution < -0.4 is 10.2 Å². The highest BCUT2D eigenvalue weighted by atomic mass is 35.5. The number of nitrogens with one attached hydrogen (secondary N) is 2. The molecule has 2 N–H and O–H groups in total. The Labute approximate surface area is 167 Å². The van der Waals surface area contributed by atoms with E-state index in [4.69, 9.17) is 11.6 Å². The standard InChI is InChI=1S/C20H22ClN3O2S/c1-20(15-7-6-13-4-3-5-14(13)10-15)18(25)24(19(26)22-20)12-23(2)11-16-8-9-17(21)27-16/h6-10H,3-5,11-12H2,1-2H3,(H,22,26)/p+1/t20-/m0/s1. The van der Waals surface area contributed by atoms with Gasteiger partial charge in [0.25, 0.3) is 5.91 Å². The molecule has 1 saturated heterocycles. The largest absolute Gasteiger partial charge is 0.329 e. The predicted octanol–water partition coefficient (Wildman–Crippen LogP) is 2.33. The number of rotatable bonds is 5. The van der Waals surface area contributed by atoms with Crippen LogP contribution in [0.15, 0.2) is 30.3 Å². The molecule has 2 heterocycles. The van der Waals surface area contributed by atoms with Crippen LogP contribution in [-0.4, -0.2) is 30.6 Å². The minimum atomic E-state index is -0.999. The van der Waals surface area contributed by atoms with E-state index in [-0.39, 0.29) is 11.9 Å². The molecule has 1 aliphatic carbocycles. The smallest absolute Gasteiger partial charge is 0.319 e. The average molecular weight is 405 g/mol. The first-order chi connectivity index (χ1) is 12.9. The average Bonchev–Trinajstić information content (AvgIpc) is 3.30. The van der Waals surface area contributed by atoms with E-state index in [2.05, 4.69) is 17.4 Å². The molecular formula is C20H23ClN3O2S+. The van der Waals surface area contributed by atoms with Crippen molar-refractivity contribution < 1.29 is 14.5 Å². The zero-order chi connectivity index (χ0) is 19.2. The van der Waals surface area contributed by atoms with Crippen molar-refractivity contribution in [2.24, 2.45) is 0 Å².